The minimum Gasteiger partial charge on any atom is -0.306 e. The third kappa shape index (κ3) is 24.6. The van der Waals surface area contributed by atoms with Crippen molar-refractivity contribution < 1.29 is 0 Å². The van der Waals surface area contributed by atoms with Gasteiger partial charge in [0, 0.05) is 6.54 Å². The average Bonchev–Trinajstić information content (AvgIpc) is 3.00. The SMILES string of the molecule is C[C@H]1CCC2C/C=C\CCN(C)CCCCCCCCCC[C@@H](CCCCCCCCCCCCCCCCCC2)CC1. The summed E-state index contributed by atoms with van der Waals surface area (Å²) < 4.78 is 0. The summed E-state index contributed by atoms with van der Waals surface area (Å²) in [5, 5.41) is 0. The summed E-state index contributed by atoms with van der Waals surface area (Å²) in [4.78, 5) is 2.57. The molecule has 43 heavy (non-hydrogen) atoms. The molecule has 1 aliphatic heterocycles. The van der Waals surface area contributed by atoms with Gasteiger partial charge >= 0.3 is 0 Å². The molecule has 0 aromatic carbocycles. The Balaban J connectivity index is 1.93. The molecule has 1 heteroatoms. The molecule has 254 valence electrons. The van der Waals surface area contributed by atoms with Gasteiger partial charge in [-0.05, 0) is 57.0 Å². The quantitative estimate of drug-likeness (QED) is 0.250. The maximum absolute atomic E-state index is 2.59. The molecule has 1 nitrogen and oxygen atoms in total. The molecule has 1 aliphatic carbocycles. The van der Waals surface area contributed by atoms with Crippen molar-refractivity contribution >= 4 is 0 Å². The fourth-order valence-electron chi connectivity index (χ4n) is 8.03. The van der Waals surface area contributed by atoms with Crippen LogP contribution in [-0.2, 0) is 0 Å². The van der Waals surface area contributed by atoms with E-state index in [2.05, 4.69) is 31.0 Å². The summed E-state index contributed by atoms with van der Waals surface area (Å²) in [7, 11) is 2.34. The van der Waals surface area contributed by atoms with Gasteiger partial charge in [-0.2, -0.15) is 0 Å². The van der Waals surface area contributed by atoms with Gasteiger partial charge in [0.05, 0.1) is 0 Å². The monoisotopic (exact) mass is 600 g/mol. The number of rotatable bonds is 0. The minimum atomic E-state index is 0.915. The second-order valence-electron chi connectivity index (χ2n) is 15.6. The molecule has 2 bridgehead atoms. The van der Waals surface area contributed by atoms with Gasteiger partial charge in [-0.15, -0.1) is 0 Å². The van der Waals surface area contributed by atoms with Gasteiger partial charge in [-0.3, -0.25) is 0 Å². The zero-order chi connectivity index (χ0) is 30.5. The summed E-state index contributed by atoms with van der Waals surface area (Å²) in [6.07, 6.45) is 53.6. The zero-order valence-electron chi connectivity index (χ0n) is 30.1. The first-order valence-electron chi connectivity index (χ1n) is 20.6. The highest BCUT2D eigenvalue weighted by molar-refractivity contribution is 4.85. The number of allylic oxidation sites excluding steroid dienone is 1. The normalized spacial score (nSPS) is 30.0. The first-order chi connectivity index (χ1) is 21.2. The van der Waals surface area contributed by atoms with Crippen molar-refractivity contribution in [2.24, 2.45) is 17.8 Å². The van der Waals surface area contributed by atoms with E-state index in [1.165, 1.54) is 225 Å². The summed E-state index contributed by atoms with van der Waals surface area (Å²) in [5.74, 6) is 2.84. The smallest absolute Gasteiger partial charge is 0.00128 e. The Morgan fingerprint density at radius 3 is 1.21 bits per heavy atom. The van der Waals surface area contributed by atoms with Crippen molar-refractivity contribution in [2.75, 3.05) is 20.1 Å². The highest BCUT2D eigenvalue weighted by Crippen LogP contribution is 2.29. The maximum atomic E-state index is 2.59. The van der Waals surface area contributed by atoms with E-state index in [9.17, 15) is 0 Å². The third-order valence-corrected chi connectivity index (χ3v) is 11.3. The molecule has 0 amide bonds. The number of fused-ring (bicyclic) bond motifs is 6. The topological polar surface area (TPSA) is 3.24 Å². The lowest BCUT2D eigenvalue weighted by atomic mass is 9.84. The molecule has 2 rings (SSSR count). The Morgan fingerprint density at radius 1 is 0.372 bits per heavy atom. The van der Waals surface area contributed by atoms with Crippen LogP contribution in [0.5, 0.6) is 0 Å². The molecule has 0 spiro atoms. The Bertz CT molecular complexity index is 596. The van der Waals surface area contributed by atoms with Crippen LogP contribution >= 0.6 is 0 Å². The number of hydrogen-bond acceptors (Lipinski definition) is 1. The standard InChI is InChI=1S/C42H81N/c1-40-34-36-41-30-24-19-15-11-9-7-5-3-4-6-8-10-12-16-20-26-32-42(37-35-40)33-27-23-29-39-43(2)38-28-22-18-14-13-17-21-25-31-41/h23,27,40-42H,3-22,24-26,28-39H2,1-2H3/b27-23-/t40-,41-,42?/m1/s1. The predicted octanol–water partition coefficient (Wildman–Crippen LogP) is 14.2. The zero-order valence-corrected chi connectivity index (χ0v) is 30.1. The highest BCUT2D eigenvalue weighted by atomic mass is 15.1. The molecule has 1 unspecified atom stereocenters. The summed E-state index contributed by atoms with van der Waals surface area (Å²) >= 11 is 0. The van der Waals surface area contributed by atoms with E-state index >= 15 is 0 Å². The first kappa shape index (κ1) is 38.9. The van der Waals surface area contributed by atoms with Crippen LogP contribution in [0.4, 0.5) is 0 Å². The van der Waals surface area contributed by atoms with Crippen molar-refractivity contribution in [2.45, 2.75) is 219 Å². The molecule has 1 saturated carbocycles. The van der Waals surface area contributed by atoms with Crippen LogP contribution < -0.4 is 0 Å². The Hall–Kier alpha value is -0.300. The molecule has 1 fully saturated rings. The average molecular weight is 600 g/mol. The van der Waals surface area contributed by atoms with Crippen LogP contribution in [0.25, 0.3) is 0 Å². The van der Waals surface area contributed by atoms with Gasteiger partial charge < -0.3 is 4.90 Å². The third-order valence-electron chi connectivity index (χ3n) is 11.3. The molecule has 1 heterocycles. The van der Waals surface area contributed by atoms with E-state index < -0.39 is 0 Å². The summed E-state index contributed by atoms with van der Waals surface area (Å²) in [5.41, 5.74) is 0. The largest absolute Gasteiger partial charge is 0.306 e. The molecule has 2 aliphatic rings. The van der Waals surface area contributed by atoms with Gasteiger partial charge in [-0.25, -0.2) is 0 Å². The fourth-order valence-corrected chi connectivity index (χ4v) is 8.03. The van der Waals surface area contributed by atoms with Gasteiger partial charge in [0.25, 0.3) is 0 Å². The molecule has 3 atom stereocenters. The van der Waals surface area contributed by atoms with Crippen LogP contribution in [0.2, 0.25) is 0 Å². The van der Waals surface area contributed by atoms with E-state index in [1.807, 2.05) is 0 Å². The van der Waals surface area contributed by atoms with Crippen molar-refractivity contribution in [3.63, 3.8) is 0 Å². The molecular formula is C42H81N. The number of hydrogen-bond donors (Lipinski definition) is 0. The van der Waals surface area contributed by atoms with Crippen molar-refractivity contribution in [3.8, 4) is 0 Å². The van der Waals surface area contributed by atoms with Gasteiger partial charge in [0.2, 0.25) is 0 Å². The van der Waals surface area contributed by atoms with Crippen molar-refractivity contribution in [3.05, 3.63) is 12.2 Å². The predicted molar refractivity (Wildman–Crippen MR) is 195 cm³/mol. The Kier molecular flexibility index (Phi) is 26.3. The van der Waals surface area contributed by atoms with Crippen molar-refractivity contribution in [1.29, 1.82) is 0 Å². The van der Waals surface area contributed by atoms with Gasteiger partial charge in [0.15, 0.2) is 0 Å². The van der Waals surface area contributed by atoms with Gasteiger partial charge in [0.1, 0.15) is 0 Å². The molecule has 0 saturated heterocycles. The summed E-state index contributed by atoms with van der Waals surface area (Å²) in [6, 6.07) is 0. The van der Waals surface area contributed by atoms with Crippen LogP contribution in [0.1, 0.15) is 219 Å². The number of nitrogens with zero attached hydrogens (tertiary/aromatic N) is 1. The van der Waals surface area contributed by atoms with E-state index in [0.29, 0.717) is 0 Å². The lowest BCUT2D eigenvalue weighted by molar-refractivity contribution is 0.318. The lowest BCUT2D eigenvalue weighted by Crippen LogP contribution is -2.20. The Labute approximate surface area is 273 Å². The maximum Gasteiger partial charge on any atom is 0.00128 e. The Morgan fingerprint density at radius 2 is 0.744 bits per heavy atom. The van der Waals surface area contributed by atoms with E-state index in [4.69, 9.17) is 0 Å². The fraction of sp³-hybridized carbons (Fsp3) is 0.952. The van der Waals surface area contributed by atoms with Crippen LogP contribution in [-0.4, -0.2) is 25.0 Å². The second kappa shape index (κ2) is 29.1. The lowest BCUT2D eigenvalue weighted by Gasteiger charge is -2.21. The van der Waals surface area contributed by atoms with Crippen LogP contribution in [0, 0.1) is 17.8 Å². The first-order valence-corrected chi connectivity index (χ1v) is 20.6. The molecule has 0 N–H and O–H groups in total. The van der Waals surface area contributed by atoms with E-state index in [1.54, 1.807) is 0 Å². The van der Waals surface area contributed by atoms with Crippen molar-refractivity contribution in [1.82, 2.24) is 4.90 Å². The van der Waals surface area contributed by atoms with Crippen LogP contribution in [0.3, 0.4) is 0 Å². The minimum absolute atomic E-state index is 0.915. The highest BCUT2D eigenvalue weighted by Gasteiger charge is 2.14. The molecule has 0 aromatic rings. The van der Waals surface area contributed by atoms with E-state index in [0.717, 1.165) is 17.8 Å². The second-order valence-corrected chi connectivity index (χ2v) is 15.6. The summed E-state index contributed by atoms with van der Waals surface area (Å²) in [6.45, 7) is 5.11. The van der Waals surface area contributed by atoms with Crippen LogP contribution in [0.15, 0.2) is 12.2 Å². The van der Waals surface area contributed by atoms with E-state index in [-0.39, 0.29) is 0 Å². The molecular weight excluding hydrogens is 518 g/mol. The molecule has 0 aromatic heterocycles. The molecule has 0 radical (unpaired) electrons. The van der Waals surface area contributed by atoms with Gasteiger partial charge in [-0.1, -0.05) is 205 Å².